The van der Waals surface area contributed by atoms with Gasteiger partial charge < -0.3 is 5.32 Å². The van der Waals surface area contributed by atoms with Crippen molar-refractivity contribution in [2.24, 2.45) is 5.92 Å². The number of benzene rings is 2. The number of nitrogens with zero attached hydrogens (tertiary/aromatic N) is 2. The van der Waals surface area contributed by atoms with E-state index in [0.29, 0.717) is 18.2 Å². The lowest BCUT2D eigenvalue weighted by atomic mass is 9.95. The van der Waals surface area contributed by atoms with E-state index in [1.807, 2.05) is 22.9 Å². The predicted molar refractivity (Wildman–Crippen MR) is 102 cm³/mol. The Hall–Kier alpha value is -2.95. The third-order valence-electron chi connectivity index (χ3n) is 4.86. The molecule has 4 nitrogen and oxygen atoms in total. The van der Waals surface area contributed by atoms with Crippen molar-refractivity contribution in [2.75, 3.05) is 0 Å². The first-order valence-corrected chi connectivity index (χ1v) is 9.22. The molecular weight excluding hydrogens is 341 g/mol. The highest BCUT2D eigenvalue weighted by atomic mass is 19.1. The zero-order chi connectivity index (χ0) is 19.0. The van der Waals surface area contributed by atoms with Crippen molar-refractivity contribution < 1.29 is 9.18 Å². The van der Waals surface area contributed by atoms with Gasteiger partial charge in [-0.2, -0.15) is 5.10 Å². The fourth-order valence-electron chi connectivity index (χ4n) is 3.65. The van der Waals surface area contributed by atoms with Crippen LogP contribution in [-0.4, -0.2) is 15.7 Å². The van der Waals surface area contributed by atoms with Gasteiger partial charge in [-0.1, -0.05) is 56.3 Å². The van der Waals surface area contributed by atoms with Gasteiger partial charge in [-0.3, -0.25) is 9.48 Å². The first-order chi connectivity index (χ1) is 13.0. The summed E-state index contributed by atoms with van der Waals surface area (Å²) in [5, 5.41) is 7.65. The zero-order valence-electron chi connectivity index (χ0n) is 15.4. The summed E-state index contributed by atoms with van der Waals surface area (Å²) in [6.07, 6.45) is 0.821. The zero-order valence-corrected chi connectivity index (χ0v) is 15.4. The van der Waals surface area contributed by atoms with Crippen molar-refractivity contribution in [3.05, 3.63) is 88.5 Å². The number of carbonyl (C=O) groups excluding carboxylic acids is 1. The van der Waals surface area contributed by atoms with Crippen LogP contribution in [0.4, 0.5) is 4.39 Å². The van der Waals surface area contributed by atoms with Crippen molar-refractivity contribution in [1.29, 1.82) is 0 Å². The lowest BCUT2D eigenvalue weighted by Crippen LogP contribution is -2.23. The summed E-state index contributed by atoms with van der Waals surface area (Å²) >= 11 is 0. The SMILES string of the molecule is CC(C)Cc1c2c(nn1Cc1ccccc1)C(=O)NC2c1ccc(F)cc1. The Balaban J connectivity index is 1.79. The van der Waals surface area contributed by atoms with E-state index < -0.39 is 0 Å². The topological polar surface area (TPSA) is 46.9 Å². The van der Waals surface area contributed by atoms with Crippen LogP contribution in [0.15, 0.2) is 54.6 Å². The van der Waals surface area contributed by atoms with Gasteiger partial charge in [0, 0.05) is 11.3 Å². The van der Waals surface area contributed by atoms with Crippen molar-refractivity contribution in [1.82, 2.24) is 15.1 Å². The van der Waals surface area contributed by atoms with E-state index in [2.05, 4.69) is 36.4 Å². The summed E-state index contributed by atoms with van der Waals surface area (Å²) in [5.74, 6) is -0.0356. The fraction of sp³-hybridized carbons (Fsp3) is 0.273. The number of hydrogen-bond acceptors (Lipinski definition) is 2. The lowest BCUT2D eigenvalue weighted by molar-refractivity contribution is 0.0954. The smallest absolute Gasteiger partial charge is 0.272 e. The summed E-state index contributed by atoms with van der Waals surface area (Å²) in [5.41, 5.74) is 4.49. The van der Waals surface area contributed by atoms with E-state index in [0.717, 1.165) is 28.8 Å². The van der Waals surface area contributed by atoms with Crippen molar-refractivity contribution in [2.45, 2.75) is 32.9 Å². The van der Waals surface area contributed by atoms with E-state index >= 15 is 0 Å². The minimum absolute atomic E-state index is 0.170. The van der Waals surface area contributed by atoms with E-state index in [-0.39, 0.29) is 17.8 Å². The second kappa shape index (κ2) is 6.99. The van der Waals surface area contributed by atoms with E-state index in [1.165, 1.54) is 12.1 Å². The number of hydrogen-bond donors (Lipinski definition) is 1. The van der Waals surface area contributed by atoms with Crippen LogP contribution >= 0.6 is 0 Å². The summed E-state index contributed by atoms with van der Waals surface area (Å²) in [6.45, 7) is 4.94. The number of aromatic nitrogens is 2. The molecular formula is C22H22FN3O. The van der Waals surface area contributed by atoms with Gasteiger partial charge in [-0.25, -0.2) is 4.39 Å². The molecule has 1 aliphatic rings. The maximum absolute atomic E-state index is 13.3. The Labute approximate surface area is 158 Å². The Morgan fingerprint density at radius 2 is 1.81 bits per heavy atom. The normalized spacial score (nSPS) is 15.9. The van der Waals surface area contributed by atoms with Gasteiger partial charge in [0.05, 0.1) is 12.6 Å². The standard InChI is InChI=1S/C22H22FN3O/c1-14(2)12-18-19-20(16-8-10-17(23)11-9-16)24-22(27)21(19)25-26(18)13-15-6-4-3-5-7-15/h3-11,14,20H,12-13H2,1-2H3,(H,24,27). The molecule has 0 aliphatic carbocycles. The van der Waals surface area contributed by atoms with E-state index in [4.69, 9.17) is 0 Å². The summed E-state index contributed by atoms with van der Waals surface area (Å²) in [7, 11) is 0. The Morgan fingerprint density at radius 3 is 2.48 bits per heavy atom. The third-order valence-corrected chi connectivity index (χ3v) is 4.86. The van der Waals surface area contributed by atoms with Gasteiger partial charge in [-0.05, 0) is 35.6 Å². The van der Waals surface area contributed by atoms with Gasteiger partial charge in [0.15, 0.2) is 5.69 Å². The molecule has 0 radical (unpaired) electrons. The first kappa shape index (κ1) is 17.5. The van der Waals surface area contributed by atoms with Gasteiger partial charge in [0.2, 0.25) is 0 Å². The average molecular weight is 363 g/mol. The summed E-state index contributed by atoms with van der Waals surface area (Å²) in [6, 6.07) is 16.1. The molecule has 0 bridgehead atoms. The van der Waals surface area contributed by atoms with Crippen molar-refractivity contribution in [3.63, 3.8) is 0 Å². The molecule has 0 saturated heterocycles. The molecule has 1 aliphatic heterocycles. The van der Waals surface area contributed by atoms with Gasteiger partial charge in [-0.15, -0.1) is 0 Å². The Bertz CT molecular complexity index is 961. The fourth-order valence-corrected chi connectivity index (χ4v) is 3.65. The maximum Gasteiger partial charge on any atom is 0.272 e. The highest BCUT2D eigenvalue weighted by Gasteiger charge is 2.37. The molecule has 1 atom stereocenters. The maximum atomic E-state index is 13.3. The van der Waals surface area contributed by atoms with Crippen LogP contribution in [0.3, 0.4) is 0 Å². The van der Waals surface area contributed by atoms with E-state index in [9.17, 15) is 9.18 Å². The molecule has 3 aromatic rings. The molecule has 138 valence electrons. The molecule has 1 unspecified atom stereocenters. The number of carbonyl (C=O) groups is 1. The number of fused-ring (bicyclic) bond motifs is 1. The summed E-state index contributed by atoms with van der Waals surface area (Å²) < 4.78 is 15.3. The minimum atomic E-state index is -0.287. The second-order valence-electron chi connectivity index (χ2n) is 7.41. The van der Waals surface area contributed by atoms with Gasteiger partial charge >= 0.3 is 0 Å². The largest absolute Gasteiger partial charge is 0.340 e. The molecule has 1 aromatic heterocycles. The minimum Gasteiger partial charge on any atom is -0.340 e. The van der Waals surface area contributed by atoms with Crippen LogP contribution in [0, 0.1) is 11.7 Å². The molecule has 2 heterocycles. The molecule has 4 rings (SSSR count). The van der Waals surface area contributed by atoms with Gasteiger partial charge in [0.1, 0.15) is 5.82 Å². The molecule has 0 saturated carbocycles. The highest BCUT2D eigenvalue weighted by molar-refractivity contribution is 5.98. The number of nitrogens with one attached hydrogen (secondary N) is 1. The molecule has 1 N–H and O–H groups in total. The van der Waals surface area contributed by atoms with Crippen molar-refractivity contribution >= 4 is 5.91 Å². The van der Waals surface area contributed by atoms with E-state index in [1.54, 1.807) is 12.1 Å². The number of halogens is 1. The number of rotatable bonds is 5. The monoisotopic (exact) mass is 363 g/mol. The summed E-state index contributed by atoms with van der Waals surface area (Å²) in [4.78, 5) is 12.6. The highest BCUT2D eigenvalue weighted by Crippen LogP contribution is 2.35. The van der Waals surface area contributed by atoms with Crippen LogP contribution < -0.4 is 5.32 Å². The lowest BCUT2D eigenvalue weighted by Gasteiger charge is -2.17. The second-order valence-corrected chi connectivity index (χ2v) is 7.41. The molecule has 0 fully saturated rings. The molecule has 0 spiro atoms. The van der Waals surface area contributed by atoms with Crippen LogP contribution in [0.25, 0.3) is 0 Å². The van der Waals surface area contributed by atoms with Crippen LogP contribution in [0.5, 0.6) is 0 Å². The van der Waals surface area contributed by atoms with Crippen LogP contribution in [0.1, 0.15) is 52.8 Å². The average Bonchev–Trinajstić information content (AvgIpc) is 3.15. The Kier molecular flexibility index (Phi) is 4.52. The Morgan fingerprint density at radius 1 is 1.11 bits per heavy atom. The molecule has 2 aromatic carbocycles. The van der Waals surface area contributed by atoms with Gasteiger partial charge in [0.25, 0.3) is 5.91 Å². The first-order valence-electron chi connectivity index (χ1n) is 9.22. The van der Waals surface area contributed by atoms with Crippen LogP contribution in [0.2, 0.25) is 0 Å². The molecule has 1 amide bonds. The van der Waals surface area contributed by atoms with Crippen LogP contribution in [-0.2, 0) is 13.0 Å². The molecule has 5 heteroatoms. The molecule has 27 heavy (non-hydrogen) atoms. The number of amides is 1. The van der Waals surface area contributed by atoms with Crippen molar-refractivity contribution in [3.8, 4) is 0 Å². The quantitative estimate of drug-likeness (QED) is 0.742. The third kappa shape index (κ3) is 3.37. The predicted octanol–water partition coefficient (Wildman–Crippen LogP) is 4.10.